The van der Waals surface area contributed by atoms with Crippen LogP contribution in [0.4, 0.5) is 10.1 Å². The number of amides is 2. The minimum absolute atomic E-state index is 0.0948. The number of benzene rings is 1. The van der Waals surface area contributed by atoms with Gasteiger partial charge in [0.2, 0.25) is 0 Å². The zero-order chi connectivity index (χ0) is 18.8. The standard InChI is InChI=1S/C15H15ClFN7O2/c16-7-2-1-6(3-8(7)17)22-13(25)14(26)24-12-10(23-15(18)19)4-9-11(12)21-5-20-9/h1-3,5,10,12H,4H2,(H,20,21)(H,22,25)(H,24,26)(H4,18,19,23)/t10-,12+/m0/s1. The minimum atomic E-state index is -0.975. The first-order valence-electron chi connectivity index (χ1n) is 7.54. The van der Waals surface area contributed by atoms with Gasteiger partial charge in [0.1, 0.15) is 5.82 Å². The Hall–Kier alpha value is -3.14. The van der Waals surface area contributed by atoms with E-state index >= 15 is 0 Å². The molecule has 1 heterocycles. The highest BCUT2D eigenvalue weighted by molar-refractivity contribution is 6.39. The van der Waals surface area contributed by atoms with Gasteiger partial charge < -0.3 is 26.7 Å². The van der Waals surface area contributed by atoms with Crippen LogP contribution in [0.15, 0.2) is 24.5 Å². The monoisotopic (exact) mass is 379 g/mol. The van der Waals surface area contributed by atoms with Crippen LogP contribution in [0.5, 0.6) is 0 Å². The molecule has 0 saturated heterocycles. The number of aromatic amines is 1. The lowest BCUT2D eigenvalue weighted by molar-refractivity contribution is -0.136. The fourth-order valence-electron chi connectivity index (χ4n) is 2.76. The van der Waals surface area contributed by atoms with Crippen molar-refractivity contribution in [2.75, 3.05) is 5.32 Å². The Bertz CT molecular complexity index is 885. The maximum Gasteiger partial charge on any atom is 0.313 e. The Morgan fingerprint density at radius 3 is 2.81 bits per heavy atom. The van der Waals surface area contributed by atoms with Crippen LogP contribution in [0.3, 0.4) is 0 Å². The van der Waals surface area contributed by atoms with Crippen molar-refractivity contribution >= 4 is 35.1 Å². The smallest absolute Gasteiger partial charge is 0.313 e. The lowest BCUT2D eigenvalue weighted by atomic mass is 10.1. The van der Waals surface area contributed by atoms with Gasteiger partial charge in [0, 0.05) is 17.8 Å². The van der Waals surface area contributed by atoms with Crippen molar-refractivity contribution in [2.24, 2.45) is 5.73 Å². The number of aromatic nitrogens is 2. The molecule has 0 saturated carbocycles. The molecule has 0 aliphatic heterocycles. The van der Waals surface area contributed by atoms with Gasteiger partial charge in [-0.3, -0.25) is 15.0 Å². The molecule has 136 valence electrons. The van der Waals surface area contributed by atoms with E-state index in [1.165, 1.54) is 18.5 Å². The molecule has 9 nitrogen and oxygen atoms in total. The van der Waals surface area contributed by atoms with Crippen molar-refractivity contribution in [3.63, 3.8) is 0 Å². The van der Waals surface area contributed by atoms with E-state index in [1.54, 1.807) is 0 Å². The number of nitrogens with zero attached hydrogens (tertiary/aromatic N) is 1. The number of hydrogen-bond donors (Lipinski definition) is 6. The van der Waals surface area contributed by atoms with Gasteiger partial charge >= 0.3 is 11.8 Å². The van der Waals surface area contributed by atoms with Crippen LogP contribution in [0.1, 0.15) is 17.4 Å². The van der Waals surface area contributed by atoms with Gasteiger partial charge in [0.15, 0.2) is 5.96 Å². The predicted octanol–water partition coefficient (Wildman–Crippen LogP) is 0.406. The molecule has 1 aliphatic carbocycles. The molecule has 11 heteroatoms. The SMILES string of the molecule is N=C(N)N[C@H]1Cc2[nH]cnc2[C@@H]1NC(=O)C(=O)Nc1ccc(Cl)c(F)c1. The molecule has 1 aromatic heterocycles. The van der Waals surface area contributed by atoms with Gasteiger partial charge in [-0.05, 0) is 18.2 Å². The Labute approximate surface area is 152 Å². The van der Waals surface area contributed by atoms with Crippen LogP contribution in [-0.2, 0) is 16.0 Å². The molecule has 3 rings (SSSR count). The third kappa shape index (κ3) is 3.59. The van der Waals surface area contributed by atoms with Gasteiger partial charge in [-0.15, -0.1) is 0 Å². The first-order chi connectivity index (χ1) is 12.3. The summed E-state index contributed by atoms with van der Waals surface area (Å²) in [5.41, 5.74) is 6.79. The molecule has 1 aliphatic rings. The number of guanidine groups is 1. The Morgan fingerprint density at radius 2 is 2.12 bits per heavy atom. The minimum Gasteiger partial charge on any atom is -0.370 e. The van der Waals surface area contributed by atoms with Gasteiger partial charge in [0.05, 0.1) is 29.1 Å². The fraction of sp³-hybridized carbons (Fsp3) is 0.200. The number of anilines is 1. The van der Waals surface area contributed by atoms with E-state index in [9.17, 15) is 14.0 Å². The van der Waals surface area contributed by atoms with Crippen molar-refractivity contribution < 1.29 is 14.0 Å². The number of halogens is 2. The average Bonchev–Trinajstić information content (AvgIpc) is 3.13. The highest BCUT2D eigenvalue weighted by atomic mass is 35.5. The normalized spacial score (nSPS) is 18.1. The maximum atomic E-state index is 13.4. The van der Waals surface area contributed by atoms with Gasteiger partial charge in [0.25, 0.3) is 0 Å². The Morgan fingerprint density at radius 1 is 1.35 bits per heavy atom. The largest absolute Gasteiger partial charge is 0.370 e. The maximum absolute atomic E-state index is 13.4. The van der Waals surface area contributed by atoms with Crippen molar-refractivity contribution in [1.82, 2.24) is 20.6 Å². The second kappa shape index (κ2) is 7.00. The summed E-state index contributed by atoms with van der Waals surface area (Å²) in [7, 11) is 0. The number of nitrogens with two attached hydrogens (primary N) is 1. The summed E-state index contributed by atoms with van der Waals surface area (Å²) in [5, 5.41) is 14.8. The summed E-state index contributed by atoms with van der Waals surface area (Å²) in [6, 6.07) is 2.57. The van der Waals surface area contributed by atoms with E-state index in [-0.39, 0.29) is 16.7 Å². The quantitative estimate of drug-likeness (QED) is 0.259. The Balaban J connectivity index is 1.70. The van der Waals surface area contributed by atoms with E-state index < -0.39 is 29.7 Å². The lowest BCUT2D eigenvalue weighted by Gasteiger charge is -2.22. The van der Waals surface area contributed by atoms with Crippen molar-refractivity contribution in [3.05, 3.63) is 46.8 Å². The van der Waals surface area contributed by atoms with E-state index in [4.69, 9.17) is 22.7 Å². The molecular weight excluding hydrogens is 365 g/mol. The molecule has 0 bridgehead atoms. The van der Waals surface area contributed by atoms with Gasteiger partial charge in [-0.2, -0.15) is 0 Å². The lowest BCUT2D eigenvalue weighted by Crippen LogP contribution is -2.48. The number of rotatable bonds is 3. The number of H-pyrrole nitrogens is 1. The summed E-state index contributed by atoms with van der Waals surface area (Å²) in [5.74, 6) is -2.89. The van der Waals surface area contributed by atoms with Gasteiger partial charge in [-0.25, -0.2) is 9.37 Å². The van der Waals surface area contributed by atoms with E-state index in [1.807, 2.05) is 0 Å². The van der Waals surface area contributed by atoms with Crippen LogP contribution < -0.4 is 21.7 Å². The Kier molecular flexibility index (Phi) is 4.76. The van der Waals surface area contributed by atoms with Crippen LogP contribution >= 0.6 is 11.6 Å². The summed E-state index contributed by atoms with van der Waals surface area (Å²) in [6.45, 7) is 0. The summed E-state index contributed by atoms with van der Waals surface area (Å²) < 4.78 is 13.4. The molecule has 7 N–H and O–H groups in total. The van der Waals surface area contributed by atoms with Crippen molar-refractivity contribution in [3.8, 4) is 0 Å². The van der Waals surface area contributed by atoms with Crippen LogP contribution in [0, 0.1) is 11.2 Å². The first kappa shape index (κ1) is 17.7. The van der Waals surface area contributed by atoms with E-state index in [0.29, 0.717) is 12.1 Å². The number of fused-ring (bicyclic) bond motifs is 1. The molecule has 0 fully saturated rings. The second-order valence-corrected chi connectivity index (χ2v) is 6.08. The molecule has 0 spiro atoms. The van der Waals surface area contributed by atoms with Crippen molar-refractivity contribution in [2.45, 2.75) is 18.5 Å². The molecule has 26 heavy (non-hydrogen) atoms. The fourth-order valence-corrected chi connectivity index (χ4v) is 2.88. The number of nitrogens with one attached hydrogen (secondary N) is 5. The third-order valence-electron chi connectivity index (χ3n) is 3.88. The number of carbonyl (C=O) groups excluding carboxylic acids is 2. The average molecular weight is 380 g/mol. The molecule has 0 unspecified atom stereocenters. The summed E-state index contributed by atoms with van der Waals surface area (Å²) in [4.78, 5) is 31.4. The number of carbonyl (C=O) groups is 2. The van der Waals surface area contributed by atoms with Gasteiger partial charge in [-0.1, -0.05) is 11.6 Å². The zero-order valence-corrected chi connectivity index (χ0v) is 14.0. The zero-order valence-electron chi connectivity index (χ0n) is 13.3. The molecule has 2 amide bonds. The summed E-state index contributed by atoms with van der Waals surface area (Å²) in [6.07, 6.45) is 1.92. The van der Waals surface area contributed by atoms with Crippen molar-refractivity contribution in [1.29, 1.82) is 5.41 Å². The van der Waals surface area contributed by atoms with Crippen LogP contribution in [0.2, 0.25) is 5.02 Å². The third-order valence-corrected chi connectivity index (χ3v) is 4.19. The number of imidazole rings is 1. The second-order valence-electron chi connectivity index (χ2n) is 5.67. The molecule has 2 aromatic rings. The van der Waals surface area contributed by atoms with Crippen LogP contribution in [-0.4, -0.2) is 33.8 Å². The molecular formula is C15H15ClFN7O2. The molecule has 0 radical (unpaired) electrons. The molecule has 2 atom stereocenters. The predicted molar refractivity (Wildman–Crippen MR) is 92.1 cm³/mol. The topological polar surface area (TPSA) is 149 Å². The highest BCUT2D eigenvalue weighted by Crippen LogP contribution is 2.28. The summed E-state index contributed by atoms with van der Waals surface area (Å²) >= 11 is 5.58. The molecule has 1 aromatic carbocycles. The van der Waals surface area contributed by atoms with E-state index in [0.717, 1.165) is 11.8 Å². The highest BCUT2D eigenvalue weighted by Gasteiger charge is 2.37. The number of hydrogen-bond acceptors (Lipinski definition) is 4. The van der Waals surface area contributed by atoms with Crippen LogP contribution in [0.25, 0.3) is 0 Å². The van der Waals surface area contributed by atoms with E-state index in [2.05, 4.69) is 25.9 Å². The first-order valence-corrected chi connectivity index (χ1v) is 7.92.